The van der Waals surface area contributed by atoms with E-state index < -0.39 is 24.0 Å². The smallest absolute Gasteiger partial charge is 0.374 e. The number of ketones is 1. The molecule has 0 aromatic heterocycles. The van der Waals surface area contributed by atoms with Gasteiger partial charge in [0.25, 0.3) is 0 Å². The average molecular weight is 420 g/mol. The van der Waals surface area contributed by atoms with Crippen LogP contribution in [0, 0.1) is 0 Å². The molecule has 0 bridgehead atoms. The Hall–Kier alpha value is -3.06. The number of ether oxygens (including phenoxy) is 3. The molecule has 1 heterocycles. The minimum Gasteiger partial charge on any atom is -0.463 e. The van der Waals surface area contributed by atoms with Crippen molar-refractivity contribution in [2.75, 3.05) is 20.3 Å². The number of carbonyl (C=O) groups is 2. The summed E-state index contributed by atoms with van der Waals surface area (Å²) in [6.07, 6.45) is -0.638. The summed E-state index contributed by atoms with van der Waals surface area (Å²) in [7, 11) is 1.20. The second kappa shape index (κ2) is 9.39. The van der Waals surface area contributed by atoms with Crippen molar-refractivity contribution in [3.63, 3.8) is 0 Å². The van der Waals surface area contributed by atoms with Gasteiger partial charge in [-0.3, -0.25) is 4.79 Å². The lowest BCUT2D eigenvalue weighted by Gasteiger charge is -2.23. The zero-order chi connectivity index (χ0) is 21.8. The van der Waals surface area contributed by atoms with Crippen LogP contribution < -0.4 is 0 Å². The average Bonchev–Trinajstić information content (AvgIpc) is 3.36. The SMILES string of the molecule is COC(=O)C(=O)C[C@@H](c1ccc2ccccc2c1)c1ccc(CO)cc1C1OCCO1. The lowest BCUT2D eigenvalue weighted by atomic mass is 9.83. The number of esters is 1. The van der Waals surface area contributed by atoms with Crippen LogP contribution in [0.4, 0.5) is 0 Å². The standard InChI is InChI=1S/C25H24O6/c1-29-24(28)23(27)14-21(19-8-7-17-4-2-3-5-18(17)13-19)20-9-6-16(15-26)12-22(20)25-30-10-11-31-25/h2-9,12-13,21,25-26H,10-11,14-15H2,1H3/t21-/m0/s1. The van der Waals surface area contributed by atoms with E-state index in [4.69, 9.17) is 9.47 Å². The first-order valence-corrected chi connectivity index (χ1v) is 10.2. The molecule has 0 radical (unpaired) electrons. The van der Waals surface area contributed by atoms with E-state index in [1.54, 1.807) is 0 Å². The van der Waals surface area contributed by atoms with Gasteiger partial charge in [0.05, 0.1) is 26.9 Å². The quantitative estimate of drug-likeness (QED) is 0.464. The predicted molar refractivity (Wildman–Crippen MR) is 114 cm³/mol. The molecule has 0 saturated carbocycles. The van der Waals surface area contributed by atoms with Gasteiger partial charge in [-0.05, 0) is 33.5 Å². The van der Waals surface area contributed by atoms with Gasteiger partial charge >= 0.3 is 5.97 Å². The summed E-state index contributed by atoms with van der Waals surface area (Å²) in [5, 5.41) is 11.7. The van der Waals surface area contributed by atoms with E-state index in [1.807, 2.05) is 60.7 Å². The largest absolute Gasteiger partial charge is 0.463 e. The predicted octanol–water partition coefficient (Wildman–Crippen LogP) is 3.64. The third-order valence-electron chi connectivity index (χ3n) is 5.56. The second-order valence-corrected chi connectivity index (χ2v) is 7.47. The van der Waals surface area contributed by atoms with E-state index in [2.05, 4.69) is 4.74 Å². The van der Waals surface area contributed by atoms with Gasteiger partial charge in [0.1, 0.15) is 0 Å². The molecule has 0 amide bonds. The number of aliphatic hydroxyl groups is 1. The molecule has 1 atom stereocenters. The first-order chi connectivity index (χ1) is 15.1. The Morgan fingerprint density at radius 2 is 1.77 bits per heavy atom. The van der Waals surface area contributed by atoms with Gasteiger partial charge in [-0.25, -0.2) is 4.79 Å². The maximum atomic E-state index is 12.6. The Balaban J connectivity index is 1.83. The summed E-state index contributed by atoms with van der Waals surface area (Å²) >= 11 is 0. The topological polar surface area (TPSA) is 82.1 Å². The summed E-state index contributed by atoms with van der Waals surface area (Å²) in [6, 6.07) is 19.5. The van der Waals surface area contributed by atoms with Crippen LogP contribution in [0.2, 0.25) is 0 Å². The molecule has 6 nitrogen and oxygen atoms in total. The first-order valence-electron chi connectivity index (χ1n) is 10.2. The summed E-state index contributed by atoms with van der Waals surface area (Å²) in [4.78, 5) is 24.5. The van der Waals surface area contributed by atoms with Gasteiger partial charge in [-0.2, -0.15) is 0 Å². The third-order valence-corrected chi connectivity index (χ3v) is 5.56. The van der Waals surface area contributed by atoms with Crippen molar-refractivity contribution in [2.24, 2.45) is 0 Å². The van der Waals surface area contributed by atoms with E-state index in [1.165, 1.54) is 7.11 Å². The molecule has 3 aromatic carbocycles. The van der Waals surface area contributed by atoms with Crippen LogP contribution in [-0.2, 0) is 30.4 Å². The first kappa shape index (κ1) is 21.2. The molecule has 1 aliphatic heterocycles. The highest BCUT2D eigenvalue weighted by atomic mass is 16.7. The maximum Gasteiger partial charge on any atom is 0.374 e. The molecule has 0 unspecified atom stereocenters. The Kier molecular flexibility index (Phi) is 6.42. The summed E-state index contributed by atoms with van der Waals surface area (Å²) in [5.41, 5.74) is 3.18. The van der Waals surface area contributed by atoms with Crippen LogP contribution in [-0.4, -0.2) is 37.2 Å². The minimum atomic E-state index is -0.868. The number of benzene rings is 3. The van der Waals surface area contributed by atoms with Gasteiger partial charge in [0.2, 0.25) is 5.78 Å². The van der Waals surface area contributed by atoms with Crippen LogP contribution in [0.5, 0.6) is 0 Å². The van der Waals surface area contributed by atoms with E-state index >= 15 is 0 Å². The van der Waals surface area contributed by atoms with Gasteiger partial charge in [-0.1, -0.05) is 54.6 Å². The fourth-order valence-corrected chi connectivity index (χ4v) is 4.00. The Labute approximate surface area is 180 Å². The number of fused-ring (bicyclic) bond motifs is 1. The van der Waals surface area contributed by atoms with Crippen LogP contribution >= 0.6 is 0 Å². The lowest BCUT2D eigenvalue weighted by Crippen LogP contribution is -2.20. The van der Waals surface area contributed by atoms with Gasteiger partial charge < -0.3 is 19.3 Å². The molecular formula is C25H24O6. The van der Waals surface area contributed by atoms with Crippen molar-refractivity contribution in [1.29, 1.82) is 0 Å². The van der Waals surface area contributed by atoms with Crippen molar-refractivity contribution >= 4 is 22.5 Å². The van der Waals surface area contributed by atoms with E-state index in [-0.39, 0.29) is 13.0 Å². The number of Topliss-reactive ketones (excluding diaryl/α,β-unsaturated/α-hetero) is 1. The molecule has 0 aliphatic carbocycles. The summed E-state index contributed by atoms with van der Waals surface area (Å²) < 4.78 is 16.1. The summed E-state index contributed by atoms with van der Waals surface area (Å²) in [5.74, 6) is -1.88. The second-order valence-electron chi connectivity index (χ2n) is 7.47. The zero-order valence-corrected chi connectivity index (χ0v) is 17.2. The number of aliphatic hydroxyl groups excluding tert-OH is 1. The number of carbonyl (C=O) groups excluding carboxylic acids is 2. The molecule has 1 saturated heterocycles. The number of hydrogen-bond acceptors (Lipinski definition) is 6. The molecule has 0 spiro atoms. The fraction of sp³-hybridized carbons (Fsp3) is 0.280. The molecule has 3 aromatic rings. The van der Waals surface area contributed by atoms with Gasteiger partial charge in [-0.15, -0.1) is 0 Å². The molecule has 1 aliphatic rings. The fourth-order valence-electron chi connectivity index (χ4n) is 4.00. The van der Waals surface area contributed by atoms with Crippen molar-refractivity contribution < 1.29 is 28.9 Å². The Morgan fingerprint density at radius 3 is 2.48 bits per heavy atom. The molecular weight excluding hydrogens is 396 g/mol. The van der Waals surface area contributed by atoms with E-state index in [9.17, 15) is 14.7 Å². The van der Waals surface area contributed by atoms with Crippen molar-refractivity contribution in [3.8, 4) is 0 Å². The van der Waals surface area contributed by atoms with Gasteiger partial charge in [0, 0.05) is 17.9 Å². The highest BCUT2D eigenvalue weighted by Crippen LogP contribution is 2.37. The number of methoxy groups -OCH3 is 1. The zero-order valence-electron chi connectivity index (χ0n) is 17.2. The van der Waals surface area contributed by atoms with Crippen LogP contribution in [0.3, 0.4) is 0 Å². The molecule has 6 heteroatoms. The van der Waals surface area contributed by atoms with Crippen LogP contribution in [0.15, 0.2) is 60.7 Å². The molecule has 1 fully saturated rings. The summed E-state index contributed by atoms with van der Waals surface area (Å²) in [6.45, 7) is 0.812. The van der Waals surface area contributed by atoms with Crippen LogP contribution in [0.25, 0.3) is 10.8 Å². The minimum absolute atomic E-state index is 0.0524. The molecule has 31 heavy (non-hydrogen) atoms. The maximum absolute atomic E-state index is 12.6. The van der Waals surface area contributed by atoms with Crippen molar-refractivity contribution in [3.05, 3.63) is 82.9 Å². The molecule has 160 valence electrons. The monoisotopic (exact) mass is 420 g/mol. The van der Waals surface area contributed by atoms with Crippen molar-refractivity contribution in [2.45, 2.75) is 25.2 Å². The number of hydrogen-bond donors (Lipinski definition) is 1. The lowest BCUT2D eigenvalue weighted by molar-refractivity contribution is -0.151. The normalized spacial score (nSPS) is 15.2. The van der Waals surface area contributed by atoms with E-state index in [0.29, 0.717) is 13.2 Å². The molecule has 4 rings (SSSR count). The third kappa shape index (κ3) is 4.51. The highest BCUT2D eigenvalue weighted by molar-refractivity contribution is 6.33. The Morgan fingerprint density at radius 1 is 1.03 bits per heavy atom. The number of rotatable bonds is 7. The highest BCUT2D eigenvalue weighted by Gasteiger charge is 2.29. The molecule has 1 N–H and O–H groups in total. The van der Waals surface area contributed by atoms with E-state index in [0.717, 1.165) is 33.0 Å². The van der Waals surface area contributed by atoms with Gasteiger partial charge in [0.15, 0.2) is 6.29 Å². The van der Waals surface area contributed by atoms with Crippen LogP contribution in [0.1, 0.15) is 40.9 Å². The Bertz CT molecular complexity index is 1100. The van der Waals surface area contributed by atoms with Crippen molar-refractivity contribution in [1.82, 2.24) is 0 Å².